The van der Waals surface area contributed by atoms with Gasteiger partial charge in [-0.1, -0.05) is 0 Å². The fourth-order valence-corrected chi connectivity index (χ4v) is 2.21. The highest BCUT2D eigenvalue weighted by atomic mass is 32.1. The van der Waals surface area contributed by atoms with E-state index < -0.39 is 0 Å². The molecule has 2 aliphatic heterocycles. The van der Waals surface area contributed by atoms with E-state index in [-0.39, 0.29) is 5.56 Å². The van der Waals surface area contributed by atoms with Crippen LogP contribution in [0.5, 0.6) is 0 Å². The average Bonchev–Trinajstić information content (AvgIpc) is 2.71. The number of hydrogen-bond acceptors (Lipinski definition) is 3. The quantitative estimate of drug-likeness (QED) is 0.558. The molecule has 0 saturated carbocycles. The Balaban J connectivity index is 2.56. The Morgan fingerprint density at radius 1 is 1.29 bits per heavy atom. The summed E-state index contributed by atoms with van der Waals surface area (Å²) in [6, 6.07) is 5.28. The van der Waals surface area contributed by atoms with E-state index in [4.69, 9.17) is 0 Å². The second-order valence-corrected chi connectivity index (χ2v) is 3.97. The van der Waals surface area contributed by atoms with Crippen LogP contribution in [0.15, 0.2) is 40.8 Å². The van der Waals surface area contributed by atoms with Gasteiger partial charge in [-0.3, -0.25) is 14.3 Å². The van der Waals surface area contributed by atoms with E-state index in [1.807, 2.05) is 17.6 Å². The minimum Gasteiger partial charge on any atom is -0.281 e. The minimum absolute atomic E-state index is 0.00676. The zero-order valence-electron chi connectivity index (χ0n) is 7.18. The van der Waals surface area contributed by atoms with Gasteiger partial charge in [-0.2, -0.15) is 0 Å². The summed E-state index contributed by atoms with van der Waals surface area (Å²) >= 11 is 1.59. The molecule has 0 N–H and O–H groups in total. The molecule has 1 aromatic heterocycles. The number of rotatable bonds is 0. The lowest BCUT2D eigenvalue weighted by molar-refractivity contribution is 1.04. The third-order valence-corrected chi connectivity index (χ3v) is 3.01. The summed E-state index contributed by atoms with van der Waals surface area (Å²) in [5.41, 5.74) is 1.75. The van der Waals surface area contributed by atoms with E-state index in [1.54, 1.807) is 34.2 Å². The number of thiophene rings is 1. The van der Waals surface area contributed by atoms with Crippen LogP contribution in [0.2, 0.25) is 0 Å². The minimum atomic E-state index is -0.00676. The Hall–Kier alpha value is -1.68. The number of hydrogen-bond donors (Lipinski definition) is 0. The predicted molar refractivity (Wildman–Crippen MR) is 56.4 cm³/mol. The fourth-order valence-electron chi connectivity index (χ4n) is 1.46. The van der Waals surface area contributed by atoms with Crippen molar-refractivity contribution in [3.05, 3.63) is 46.3 Å². The van der Waals surface area contributed by atoms with Crippen LogP contribution in [0.1, 0.15) is 0 Å². The lowest BCUT2D eigenvalue weighted by Crippen LogP contribution is -2.08. The summed E-state index contributed by atoms with van der Waals surface area (Å²) in [5, 5.41) is 1.97. The second kappa shape index (κ2) is 2.65. The van der Waals surface area contributed by atoms with E-state index in [1.165, 1.54) is 0 Å². The predicted octanol–water partition coefficient (Wildman–Crippen LogP) is 1.89. The van der Waals surface area contributed by atoms with Gasteiger partial charge in [-0.05, 0) is 17.5 Å². The highest BCUT2D eigenvalue weighted by Crippen LogP contribution is 2.18. The van der Waals surface area contributed by atoms with Crippen LogP contribution in [-0.2, 0) is 0 Å². The van der Waals surface area contributed by atoms with Gasteiger partial charge < -0.3 is 0 Å². The topological polar surface area (TPSA) is 34.9 Å². The molecule has 3 heterocycles. The molecule has 4 heteroatoms. The molecule has 14 heavy (non-hydrogen) atoms. The summed E-state index contributed by atoms with van der Waals surface area (Å²) in [5.74, 6) is 0. The van der Waals surface area contributed by atoms with Crippen LogP contribution in [0.4, 0.5) is 0 Å². The van der Waals surface area contributed by atoms with Gasteiger partial charge >= 0.3 is 0 Å². The van der Waals surface area contributed by atoms with Gasteiger partial charge in [0.25, 0.3) is 5.56 Å². The van der Waals surface area contributed by atoms with Crippen molar-refractivity contribution in [1.82, 2.24) is 9.55 Å². The smallest absolute Gasteiger partial charge is 0.255 e. The second-order valence-electron chi connectivity index (χ2n) is 3.02. The molecule has 3 nitrogen and oxygen atoms in total. The standard InChI is InChI=1S/C10H6N2OS/c13-10-2-1-7-5-11-8-3-4-14-9(8)6-12(7)10/h1-6H. The van der Waals surface area contributed by atoms with Gasteiger partial charge in [0, 0.05) is 12.3 Å². The lowest BCUT2D eigenvalue weighted by atomic mass is 10.5. The molecule has 0 aromatic carbocycles. The summed E-state index contributed by atoms with van der Waals surface area (Å²) in [7, 11) is 0. The van der Waals surface area contributed by atoms with Crippen LogP contribution in [0, 0.1) is 0 Å². The van der Waals surface area contributed by atoms with Crippen molar-refractivity contribution >= 4 is 21.6 Å². The SMILES string of the molecule is O=c1ccc2cnc3ccsc3cn1-2. The van der Waals surface area contributed by atoms with Gasteiger partial charge in [-0.15, -0.1) is 11.3 Å². The Morgan fingerprint density at radius 2 is 2.21 bits per heavy atom. The first-order valence-corrected chi connectivity index (χ1v) is 5.07. The summed E-state index contributed by atoms with van der Waals surface area (Å²) in [6.45, 7) is 0. The first-order chi connectivity index (χ1) is 6.84. The fraction of sp³-hybridized carbons (Fsp3) is 0. The van der Waals surface area contributed by atoms with Crippen molar-refractivity contribution < 1.29 is 0 Å². The van der Waals surface area contributed by atoms with Crippen molar-refractivity contribution in [2.24, 2.45) is 0 Å². The maximum atomic E-state index is 11.4. The molecule has 0 amide bonds. The molecule has 1 aromatic rings. The van der Waals surface area contributed by atoms with E-state index in [2.05, 4.69) is 4.98 Å². The monoisotopic (exact) mass is 202 g/mol. The Bertz CT molecular complexity index is 625. The summed E-state index contributed by atoms with van der Waals surface area (Å²) in [4.78, 5) is 15.7. The molecule has 3 rings (SSSR count). The molecule has 0 saturated heterocycles. The first-order valence-electron chi connectivity index (χ1n) is 4.19. The first kappa shape index (κ1) is 7.70. The molecule has 0 aliphatic carbocycles. The highest BCUT2D eigenvalue weighted by molar-refractivity contribution is 7.17. The van der Waals surface area contributed by atoms with Gasteiger partial charge in [0.1, 0.15) is 0 Å². The molecule has 0 spiro atoms. The molecule has 0 atom stereocenters. The molecule has 0 bridgehead atoms. The van der Waals surface area contributed by atoms with Gasteiger partial charge in [0.2, 0.25) is 0 Å². The zero-order chi connectivity index (χ0) is 9.54. The third kappa shape index (κ3) is 0.975. The van der Waals surface area contributed by atoms with Crippen LogP contribution < -0.4 is 5.56 Å². The lowest BCUT2D eigenvalue weighted by Gasteiger charge is -1.92. The average molecular weight is 202 g/mol. The zero-order valence-corrected chi connectivity index (χ0v) is 7.99. The number of aromatic nitrogens is 2. The molecule has 0 unspecified atom stereocenters. The molecular formula is C10H6N2OS. The molecule has 68 valence electrons. The van der Waals surface area contributed by atoms with Crippen molar-refractivity contribution in [2.45, 2.75) is 0 Å². The summed E-state index contributed by atoms with van der Waals surface area (Å²) < 4.78 is 2.64. The number of fused-ring (bicyclic) bond motifs is 2. The van der Waals surface area contributed by atoms with E-state index in [0.29, 0.717) is 0 Å². The van der Waals surface area contributed by atoms with E-state index >= 15 is 0 Å². The van der Waals surface area contributed by atoms with Gasteiger partial charge in [0.15, 0.2) is 0 Å². The van der Waals surface area contributed by atoms with E-state index in [0.717, 1.165) is 15.9 Å². The largest absolute Gasteiger partial charge is 0.281 e. The molecular weight excluding hydrogens is 196 g/mol. The van der Waals surface area contributed by atoms with Crippen LogP contribution >= 0.6 is 11.3 Å². The number of nitrogens with zero attached hydrogens (tertiary/aromatic N) is 2. The molecule has 0 fully saturated rings. The Kier molecular flexibility index (Phi) is 1.46. The van der Waals surface area contributed by atoms with Crippen LogP contribution in [-0.4, -0.2) is 9.55 Å². The molecule has 0 radical (unpaired) electrons. The van der Waals surface area contributed by atoms with Gasteiger partial charge in [-0.25, -0.2) is 0 Å². The third-order valence-electron chi connectivity index (χ3n) is 2.17. The Morgan fingerprint density at radius 3 is 3.14 bits per heavy atom. The van der Waals surface area contributed by atoms with Gasteiger partial charge in [0.05, 0.1) is 22.1 Å². The van der Waals surface area contributed by atoms with Crippen molar-refractivity contribution in [3.8, 4) is 5.69 Å². The normalized spacial score (nSPS) is 11.1. The summed E-state index contributed by atoms with van der Waals surface area (Å²) in [6.07, 6.45) is 3.56. The van der Waals surface area contributed by atoms with Crippen molar-refractivity contribution in [1.29, 1.82) is 0 Å². The maximum absolute atomic E-state index is 11.4. The highest BCUT2D eigenvalue weighted by Gasteiger charge is 2.04. The van der Waals surface area contributed by atoms with Crippen LogP contribution in [0.3, 0.4) is 0 Å². The van der Waals surface area contributed by atoms with E-state index in [9.17, 15) is 4.79 Å². The Labute approximate surface area is 83.6 Å². The van der Waals surface area contributed by atoms with Crippen LogP contribution in [0.25, 0.3) is 15.9 Å². The molecule has 2 aliphatic rings. The maximum Gasteiger partial charge on any atom is 0.255 e. The van der Waals surface area contributed by atoms with Crippen molar-refractivity contribution in [3.63, 3.8) is 0 Å². The van der Waals surface area contributed by atoms with Crippen molar-refractivity contribution in [2.75, 3.05) is 0 Å².